The quantitative estimate of drug-likeness (QED) is 0.260. The van der Waals surface area contributed by atoms with Gasteiger partial charge in [0.05, 0.1) is 6.20 Å². The molecule has 0 fully saturated rings. The van der Waals surface area contributed by atoms with Gasteiger partial charge in [0.1, 0.15) is 0 Å². The van der Waals surface area contributed by atoms with E-state index in [0.29, 0.717) is 27.2 Å². The van der Waals surface area contributed by atoms with Crippen molar-refractivity contribution in [2.75, 3.05) is 0 Å². The van der Waals surface area contributed by atoms with Crippen LogP contribution in [0.25, 0.3) is 39.2 Å². The SMILES string of the molecule is CC(C)Cc1ccc(-c2nnc3c(-c4ccc(Cl)cc4)c(-c4ccc(Cl)cc4)cnn3c2=O)cc1. The van der Waals surface area contributed by atoms with Gasteiger partial charge >= 0.3 is 5.56 Å². The Balaban J connectivity index is 1.70. The van der Waals surface area contributed by atoms with Gasteiger partial charge in [0, 0.05) is 26.7 Å². The van der Waals surface area contributed by atoms with Crippen LogP contribution in [-0.4, -0.2) is 19.8 Å². The summed E-state index contributed by atoms with van der Waals surface area (Å²) in [5.74, 6) is 0.553. The predicted octanol–water partition coefficient (Wildman–Crippen LogP) is 6.99. The lowest BCUT2D eigenvalue weighted by Gasteiger charge is -2.13. The van der Waals surface area contributed by atoms with Gasteiger partial charge in [-0.2, -0.15) is 9.61 Å². The molecule has 0 amide bonds. The van der Waals surface area contributed by atoms with E-state index in [1.54, 1.807) is 18.3 Å². The van der Waals surface area contributed by atoms with Crippen LogP contribution in [0.3, 0.4) is 0 Å². The Morgan fingerprint density at radius 1 is 0.771 bits per heavy atom. The molecule has 0 radical (unpaired) electrons. The predicted molar refractivity (Wildman–Crippen MR) is 142 cm³/mol. The third-order valence-corrected chi connectivity index (χ3v) is 6.30. The van der Waals surface area contributed by atoms with Crippen molar-refractivity contribution in [1.29, 1.82) is 0 Å². The number of fused-ring (bicyclic) bond motifs is 1. The molecule has 5 aromatic rings. The Kier molecular flexibility index (Phi) is 6.37. The van der Waals surface area contributed by atoms with Crippen LogP contribution in [0, 0.1) is 5.92 Å². The second-order valence-electron chi connectivity index (χ2n) is 8.83. The van der Waals surface area contributed by atoms with Crippen molar-refractivity contribution >= 4 is 28.8 Å². The van der Waals surface area contributed by atoms with E-state index in [4.69, 9.17) is 23.2 Å². The van der Waals surface area contributed by atoms with E-state index < -0.39 is 0 Å². The summed E-state index contributed by atoms with van der Waals surface area (Å²) in [5, 5.41) is 14.6. The lowest BCUT2D eigenvalue weighted by Crippen LogP contribution is -2.22. The molecular weight excluding hydrogens is 479 g/mol. The minimum Gasteiger partial charge on any atom is -0.265 e. The molecule has 0 saturated heterocycles. The number of halogens is 2. The molecule has 5 rings (SSSR count). The molecule has 174 valence electrons. The van der Waals surface area contributed by atoms with Crippen LogP contribution in [0.2, 0.25) is 10.0 Å². The molecule has 0 unspecified atom stereocenters. The molecule has 35 heavy (non-hydrogen) atoms. The van der Waals surface area contributed by atoms with Crippen molar-refractivity contribution in [2.24, 2.45) is 5.92 Å². The van der Waals surface area contributed by atoms with Crippen LogP contribution in [0.4, 0.5) is 0 Å². The molecule has 2 aromatic heterocycles. The van der Waals surface area contributed by atoms with Crippen molar-refractivity contribution in [3.05, 3.63) is 105 Å². The summed E-state index contributed by atoms with van der Waals surface area (Å²) in [6, 6.07) is 22.7. The molecule has 0 aliphatic carbocycles. The first-order valence-electron chi connectivity index (χ1n) is 11.3. The first-order chi connectivity index (χ1) is 16.9. The van der Waals surface area contributed by atoms with Gasteiger partial charge in [0.2, 0.25) is 0 Å². The second kappa shape index (κ2) is 9.61. The monoisotopic (exact) mass is 500 g/mol. The number of nitrogens with zero attached hydrogens (tertiary/aromatic N) is 4. The standard InChI is InChI=1S/C28H22Cl2N4O/c1-17(2)15-18-3-5-21(6-4-18)26-28(35)34-27(33-32-26)25(20-9-13-23(30)14-10-20)24(16-31-34)19-7-11-22(29)12-8-19/h3-14,16-17H,15H2,1-2H3. The van der Waals surface area contributed by atoms with Crippen molar-refractivity contribution in [1.82, 2.24) is 19.8 Å². The smallest absolute Gasteiger partial charge is 0.265 e. The van der Waals surface area contributed by atoms with Gasteiger partial charge in [0.15, 0.2) is 11.3 Å². The number of rotatable bonds is 5. The van der Waals surface area contributed by atoms with E-state index in [0.717, 1.165) is 28.7 Å². The van der Waals surface area contributed by atoms with Crippen molar-refractivity contribution in [3.63, 3.8) is 0 Å². The molecule has 7 heteroatoms. The molecule has 5 nitrogen and oxygen atoms in total. The maximum absolute atomic E-state index is 13.5. The summed E-state index contributed by atoms with van der Waals surface area (Å²) in [6.45, 7) is 4.36. The Morgan fingerprint density at radius 2 is 1.34 bits per heavy atom. The first-order valence-corrected chi connectivity index (χ1v) is 12.1. The van der Waals surface area contributed by atoms with Gasteiger partial charge in [-0.05, 0) is 53.3 Å². The zero-order chi connectivity index (χ0) is 24.5. The highest BCUT2D eigenvalue weighted by Crippen LogP contribution is 2.35. The van der Waals surface area contributed by atoms with Crippen molar-refractivity contribution in [3.8, 4) is 33.5 Å². The highest BCUT2D eigenvalue weighted by molar-refractivity contribution is 6.31. The molecule has 2 heterocycles. The largest absolute Gasteiger partial charge is 0.301 e. The summed E-state index contributed by atoms with van der Waals surface area (Å²) in [5.41, 5.74) is 5.51. The van der Waals surface area contributed by atoms with Crippen LogP contribution in [0.15, 0.2) is 83.8 Å². The zero-order valence-electron chi connectivity index (χ0n) is 19.2. The van der Waals surface area contributed by atoms with Crippen molar-refractivity contribution in [2.45, 2.75) is 20.3 Å². The fourth-order valence-electron chi connectivity index (χ4n) is 4.14. The van der Waals surface area contributed by atoms with E-state index in [-0.39, 0.29) is 11.3 Å². The van der Waals surface area contributed by atoms with E-state index in [1.165, 1.54) is 10.1 Å². The first kappa shape index (κ1) is 23.2. The number of hydrogen-bond acceptors (Lipinski definition) is 4. The maximum Gasteiger partial charge on any atom is 0.301 e. The fraction of sp³-hybridized carbons (Fsp3) is 0.143. The minimum absolute atomic E-state index is 0.257. The van der Waals surface area contributed by atoms with Gasteiger partial charge in [-0.15, -0.1) is 10.2 Å². The average Bonchev–Trinajstić information content (AvgIpc) is 2.85. The van der Waals surface area contributed by atoms with Gasteiger partial charge in [0.25, 0.3) is 0 Å². The van der Waals surface area contributed by atoms with E-state index >= 15 is 0 Å². The highest BCUT2D eigenvalue weighted by Gasteiger charge is 2.18. The Hall–Kier alpha value is -3.54. The van der Waals surface area contributed by atoms with E-state index in [9.17, 15) is 4.79 Å². The normalized spacial score (nSPS) is 11.3. The third-order valence-electron chi connectivity index (χ3n) is 5.79. The van der Waals surface area contributed by atoms with Crippen LogP contribution in [-0.2, 0) is 6.42 Å². The molecule has 3 aromatic carbocycles. The van der Waals surface area contributed by atoms with E-state index in [2.05, 4.69) is 29.1 Å². The number of benzene rings is 3. The molecule has 0 atom stereocenters. The number of aromatic nitrogens is 4. The summed E-state index contributed by atoms with van der Waals surface area (Å²) in [4.78, 5) is 13.5. The Morgan fingerprint density at radius 3 is 1.94 bits per heavy atom. The van der Waals surface area contributed by atoms with E-state index in [1.807, 2.05) is 60.7 Å². The van der Waals surface area contributed by atoms with Gasteiger partial charge in [-0.25, -0.2) is 0 Å². The zero-order valence-corrected chi connectivity index (χ0v) is 20.8. The molecule has 0 aliphatic rings. The van der Waals surface area contributed by atoms with Crippen LogP contribution < -0.4 is 5.56 Å². The minimum atomic E-state index is -0.329. The van der Waals surface area contributed by atoms with Crippen LogP contribution in [0.5, 0.6) is 0 Å². The summed E-state index contributed by atoms with van der Waals surface area (Å²) in [6.07, 6.45) is 2.65. The average molecular weight is 501 g/mol. The molecular formula is C28H22Cl2N4O. The second-order valence-corrected chi connectivity index (χ2v) is 9.70. The van der Waals surface area contributed by atoms with Crippen LogP contribution in [0.1, 0.15) is 19.4 Å². The third kappa shape index (κ3) is 4.70. The summed E-state index contributed by atoms with van der Waals surface area (Å²) < 4.78 is 1.31. The lowest BCUT2D eigenvalue weighted by molar-refractivity contribution is 0.647. The fourth-order valence-corrected chi connectivity index (χ4v) is 4.40. The molecule has 0 N–H and O–H groups in total. The number of hydrogen-bond donors (Lipinski definition) is 0. The van der Waals surface area contributed by atoms with Gasteiger partial charge < -0.3 is 0 Å². The lowest BCUT2D eigenvalue weighted by atomic mass is 9.97. The Bertz CT molecular complexity index is 1560. The molecule has 0 spiro atoms. The van der Waals surface area contributed by atoms with Gasteiger partial charge in [-0.1, -0.05) is 85.6 Å². The van der Waals surface area contributed by atoms with Crippen LogP contribution >= 0.6 is 23.2 Å². The summed E-state index contributed by atoms with van der Waals surface area (Å²) >= 11 is 12.2. The highest BCUT2D eigenvalue weighted by atomic mass is 35.5. The maximum atomic E-state index is 13.5. The Labute approximate surface area is 213 Å². The molecule has 0 saturated carbocycles. The topological polar surface area (TPSA) is 60.1 Å². The van der Waals surface area contributed by atoms with Gasteiger partial charge in [-0.3, -0.25) is 4.79 Å². The molecule has 0 aliphatic heterocycles. The van der Waals surface area contributed by atoms with Crippen molar-refractivity contribution < 1.29 is 0 Å². The summed E-state index contributed by atoms with van der Waals surface area (Å²) in [7, 11) is 0. The molecule has 0 bridgehead atoms.